The van der Waals surface area contributed by atoms with Gasteiger partial charge in [0.15, 0.2) is 0 Å². The van der Waals surface area contributed by atoms with Crippen LogP contribution in [0.15, 0.2) is 41.4 Å². The number of ether oxygens (including phenoxy) is 1. The molecule has 1 aliphatic carbocycles. The second-order valence-corrected chi connectivity index (χ2v) is 10.3. The molecule has 1 aromatic carbocycles. The molecule has 6 nitrogen and oxygen atoms in total. The van der Waals surface area contributed by atoms with E-state index in [1.165, 1.54) is 30.2 Å². The van der Waals surface area contributed by atoms with Crippen molar-refractivity contribution >= 4 is 51.6 Å². The maximum atomic E-state index is 12.7. The zero-order chi connectivity index (χ0) is 24.1. The Hall–Kier alpha value is -2.86. The van der Waals surface area contributed by atoms with Crippen LogP contribution in [0.1, 0.15) is 45.6 Å². The third-order valence-corrected chi connectivity index (χ3v) is 7.95. The highest BCUT2D eigenvalue weighted by atomic mass is 35.5. The predicted octanol–water partition coefficient (Wildman–Crippen LogP) is 6.12. The van der Waals surface area contributed by atoms with Crippen molar-refractivity contribution in [3.63, 3.8) is 0 Å². The number of amides is 1. The zero-order valence-electron chi connectivity index (χ0n) is 18.5. The summed E-state index contributed by atoms with van der Waals surface area (Å²) in [5, 5.41) is 14.1. The summed E-state index contributed by atoms with van der Waals surface area (Å²) in [6, 6.07) is 13.0. The summed E-state index contributed by atoms with van der Waals surface area (Å²) in [6.07, 6.45) is 4.07. The van der Waals surface area contributed by atoms with Crippen LogP contribution in [0.5, 0.6) is 0 Å². The Morgan fingerprint density at radius 2 is 1.97 bits per heavy atom. The summed E-state index contributed by atoms with van der Waals surface area (Å²) >= 11 is 8.79. The number of hydrogen-bond acceptors (Lipinski definition) is 7. The molecule has 4 rings (SSSR count). The highest BCUT2D eigenvalue weighted by molar-refractivity contribution is 7.99. The Bertz CT molecular complexity index is 1270. The van der Waals surface area contributed by atoms with Gasteiger partial charge in [0.1, 0.15) is 16.1 Å². The van der Waals surface area contributed by atoms with Gasteiger partial charge in [0.05, 0.1) is 23.9 Å². The summed E-state index contributed by atoms with van der Waals surface area (Å²) in [5.74, 6) is -0.162. The van der Waals surface area contributed by atoms with Gasteiger partial charge in [0.2, 0.25) is 5.91 Å². The molecule has 0 saturated carbocycles. The minimum Gasteiger partial charge on any atom is -0.465 e. The molecule has 0 fully saturated rings. The van der Waals surface area contributed by atoms with Gasteiger partial charge in [-0.25, -0.2) is 9.78 Å². The Morgan fingerprint density at radius 1 is 1.21 bits per heavy atom. The maximum absolute atomic E-state index is 12.7. The minimum absolute atomic E-state index is 0.191. The fourth-order valence-corrected chi connectivity index (χ4v) is 6.15. The summed E-state index contributed by atoms with van der Waals surface area (Å²) < 4.78 is 4.97. The summed E-state index contributed by atoms with van der Waals surface area (Å²) in [6.45, 7) is 0. The smallest absolute Gasteiger partial charge is 0.341 e. The molecule has 0 atom stereocenters. The van der Waals surface area contributed by atoms with Crippen molar-refractivity contribution in [2.45, 2.75) is 37.1 Å². The number of anilines is 1. The molecule has 0 spiro atoms. The van der Waals surface area contributed by atoms with Gasteiger partial charge in [0.25, 0.3) is 0 Å². The van der Waals surface area contributed by atoms with Crippen LogP contribution >= 0.6 is 34.7 Å². The van der Waals surface area contributed by atoms with Crippen molar-refractivity contribution in [2.24, 2.45) is 0 Å². The molecule has 34 heavy (non-hydrogen) atoms. The largest absolute Gasteiger partial charge is 0.465 e. The number of halogens is 1. The van der Waals surface area contributed by atoms with E-state index in [1.807, 2.05) is 12.1 Å². The molecule has 174 valence electrons. The topological polar surface area (TPSA) is 92.1 Å². The maximum Gasteiger partial charge on any atom is 0.341 e. The van der Waals surface area contributed by atoms with Crippen LogP contribution in [0, 0.1) is 11.3 Å². The number of carbonyl (C=O) groups is 2. The van der Waals surface area contributed by atoms with E-state index in [-0.39, 0.29) is 12.3 Å². The zero-order valence-corrected chi connectivity index (χ0v) is 20.9. The van der Waals surface area contributed by atoms with Crippen molar-refractivity contribution in [2.75, 3.05) is 18.2 Å². The molecular weight excluding hydrogens is 490 g/mol. The highest BCUT2D eigenvalue weighted by Gasteiger charge is 2.26. The van der Waals surface area contributed by atoms with Crippen LogP contribution in [-0.2, 0) is 22.4 Å². The average molecular weight is 512 g/mol. The van der Waals surface area contributed by atoms with E-state index in [4.69, 9.17) is 16.3 Å². The predicted molar refractivity (Wildman–Crippen MR) is 136 cm³/mol. The van der Waals surface area contributed by atoms with Gasteiger partial charge in [-0.3, -0.25) is 4.79 Å². The van der Waals surface area contributed by atoms with Gasteiger partial charge in [-0.2, -0.15) is 5.26 Å². The van der Waals surface area contributed by atoms with Crippen molar-refractivity contribution < 1.29 is 14.3 Å². The number of nitrogens with zero attached hydrogens (tertiary/aromatic N) is 2. The molecule has 0 aliphatic heterocycles. The monoisotopic (exact) mass is 511 g/mol. The number of aromatic nitrogens is 1. The lowest BCUT2D eigenvalue weighted by Gasteiger charge is -2.11. The second kappa shape index (κ2) is 11.0. The first-order valence-electron chi connectivity index (χ1n) is 10.8. The summed E-state index contributed by atoms with van der Waals surface area (Å²) in [7, 11) is 1.36. The Morgan fingerprint density at radius 3 is 2.71 bits per heavy atom. The van der Waals surface area contributed by atoms with Crippen LogP contribution in [0.4, 0.5) is 5.00 Å². The molecule has 1 aliphatic rings. The number of thioether (sulfide) groups is 1. The van der Waals surface area contributed by atoms with E-state index in [1.54, 1.807) is 24.3 Å². The van der Waals surface area contributed by atoms with E-state index < -0.39 is 5.97 Å². The van der Waals surface area contributed by atoms with Gasteiger partial charge in [-0.05, 0) is 55.5 Å². The first-order valence-corrected chi connectivity index (χ1v) is 13.0. The first-order chi connectivity index (χ1) is 16.5. The Labute approximate surface area is 211 Å². The molecule has 0 unspecified atom stereocenters. The fraction of sp³-hybridized carbons (Fsp3) is 0.280. The van der Waals surface area contributed by atoms with Crippen molar-refractivity contribution in [3.05, 3.63) is 63.0 Å². The van der Waals surface area contributed by atoms with Crippen LogP contribution in [0.2, 0.25) is 5.02 Å². The van der Waals surface area contributed by atoms with Crippen molar-refractivity contribution in [3.8, 4) is 17.3 Å². The van der Waals surface area contributed by atoms with Gasteiger partial charge in [-0.1, -0.05) is 23.7 Å². The number of hydrogen-bond donors (Lipinski definition) is 1. The van der Waals surface area contributed by atoms with Gasteiger partial charge in [-0.15, -0.1) is 23.1 Å². The Balaban J connectivity index is 1.43. The highest BCUT2D eigenvalue weighted by Crippen LogP contribution is 2.38. The van der Waals surface area contributed by atoms with Crippen LogP contribution in [0.3, 0.4) is 0 Å². The number of benzene rings is 1. The lowest BCUT2D eigenvalue weighted by Crippen LogP contribution is -2.15. The fourth-order valence-electron chi connectivity index (χ4n) is 3.82. The number of rotatable bonds is 7. The quantitative estimate of drug-likeness (QED) is 0.303. The van der Waals surface area contributed by atoms with E-state index in [0.29, 0.717) is 31.9 Å². The number of pyridine rings is 1. The summed E-state index contributed by atoms with van der Waals surface area (Å²) in [5.41, 5.74) is 3.59. The van der Waals surface area contributed by atoms with E-state index in [0.717, 1.165) is 47.4 Å². The van der Waals surface area contributed by atoms with Gasteiger partial charge < -0.3 is 10.1 Å². The van der Waals surface area contributed by atoms with Crippen LogP contribution in [0.25, 0.3) is 11.3 Å². The van der Waals surface area contributed by atoms with E-state index in [9.17, 15) is 14.9 Å². The number of fused-ring (bicyclic) bond motifs is 1. The first kappa shape index (κ1) is 24.3. The molecule has 3 aromatic rings. The molecule has 1 amide bonds. The SMILES string of the molecule is COC(=O)c1c(NC(=O)CCSc2nc(-c3ccc(Cl)cc3)ccc2C#N)sc2c1CCCC2. The lowest BCUT2D eigenvalue weighted by atomic mass is 9.95. The number of carbonyl (C=O) groups excluding carboxylic acids is 2. The van der Waals surface area contributed by atoms with Gasteiger partial charge >= 0.3 is 5.97 Å². The molecule has 2 heterocycles. The lowest BCUT2D eigenvalue weighted by molar-refractivity contribution is -0.115. The van der Waals surface area contributed by atoms with E-state index in [2.05, 4.69) is 16.4 Å². The molecule has 1 N–H and O–H groups in total. The molecule has 0 radical (unpaired) electrons. The molecule has 2 aromatic heterocycles. The van der Waals surface area contributed by atoms with Crippen LogP contribution in [-0.4, -0.2) is 29.7 Å². The van der Waals surface area contributed by atoms with Gasteiger partial charge in [0, 0.05) is 27.6 Å². The number of nitriles is 1. The van der Waals surface area contributed by atoms with E-state index >= 15 is 0 Å². The number of nitrogens with one attached hydrogen (secondary N) is 1. The number of esters is 1. The standard InChI is InChI=1S/C25H22ClN3O3S2/c1-32-25(31)22-18-4-2-3-5-20(18)34-24(22)29-21(30)12-13-33-23-16(14-27)8-11-19(28-23)15-6-9-17(26)10-7-15/h6-11H,2-5,12-13H2,1H3,(H,29,30). The third-order valence-electron chi connectivity index (χ3n) is 5.50. The molecular formula is C25H22ClN3O3S2. The van der Waals surface area contributed by atoms with Crippen molar-refractivity contribution in [1.29, 1.82) is 5.26 Å². The summed E-state index contributed by atoms with van der Waals surface area (Å²) in [4.78, 5) is 30.8. The second-order valence-electron chi connectivity index (χ2n) is 7.72. The normalized spacial score (nSPS) is 12.5. The number of thiophene rings is 1. The molecule has 0 bridgehead atoms. The van der Waals surface area contributed by atoms with Crippen molar-refractivity contribution in [1.82, 2.24) is 4.98 Å². The van der Waals surface area contributed by atoms with Crippen LogP contribution < -0.4 is 5.32 Å². The molecule has 0 saturated heterocycles. The average Bonchev–Trinajstić information content (AvgIpc) is 3.21. The third kappa shape index (κ3) is 5.44. The number of methoxy groups -OCH3 is 1. The molecule has 9 heteroatoms. The number of aryl methyl sites for hydroxylation is 1. The minimum atomic E-state index is -0.411. The Kier molecular flexibility index (Phi) is 7.88.